The van der Waals surface area contributed by atoms with E-state index in [0.29, 0.717) is 17.5 Å². The molecule has 0 N–H and O–H groups in total. The molecule has 0 aliphatic carbocycles. The van der Waals surface area contributed by atoms with Crippen LogP contribution < -0.4 is 4.74 Å². The minimum atomic E-state index is -4.59. The van der Waals surface area contributed by atoms with E-state index in [0.717, 1.165) is 6.07 Å². The van der Waals surface area contributed by atoms with Crippen molar-refractivity contribution in [3.05, 3.63) is 35.8 Å². The molecular weight excluding hydrogens is 371 g/mol. The number of aromatic nitrogens is 4. The van der Waals surface area contributed by atoms with Crippen molar-refractivity contribution >= 4 is 11.0 Å². The average molecular weight is 386 g/mol. The summed E-state index contributed by atoms with van der Waals surface area (Å²) >= 11 is 0. The van der Waals surface area contributed by atoms with E-state index in [1.54, 1.807) is 11.5 Å². The Morgan fingerprint density at radius 1 is 1.11 bits per heavy atom. The molecule has 0 aliphatic heterocycles. The summed E-state index contributed by atoms with van der Waals surface area (Å²) in [7, 11) is 0. The van der Waals surface area contributed by atoms with Crippen LogP contribution in [0.4, 0.5) is 22.0 Å². The number of imidazole rings is 1. The van der Waals surface area contributed by atoms with E-state index >= 15 is 0 Å². The van der Waals surface area contributed by atoms with Crippen LogP contribution in [0, 0.1) is 18.6 Å². The van der Waals surface area contributed by atoms with Crippen LogP contribution >= 0.6 is 0 Å². The van der Waals surface area contributed by atoms with E-state index in [9.17, 15) is 22.0 Å². The van der Waals surface area contributed by atoms with Gasteiger partial charge in [0.2, 0.25) is 0 Å². The van der Waals surface area contributed by atoms with E-state index in [2.05, 4.69) is 19.7 Å². The smallest absolute Gasteiger partial charge is 0.422 e. The number of nitrogens with zero attached hydrogens (tertiary/aromatic N) is 4. The van der Waals surface area contributed by atoms with Crippen LogP contribution in [-0.2, 0) is 0 Å². The van der Waals surface area contributed by atoms with Gasteiger partial charge in [0.05, 0.1) is 11.7 Å². The van der Waals surface area contributed by atoms with Crippen LogP contribution in [0.2, 0.25) is 0 Å². The summed E-state index contributed by atoms with van der Waals surface area (Å²) in [6.45, 7) is 3.86. The third kappa shape index (κ3) is 3.83. The number of ether oxygens (including phenoxy) is 1. The van der Waals surface area contributed by atoms with E-state index in [4.69, 9.17) is 0 Å². The van der Waals surface area contributed by atoms with Gasteiger partial charge in [0.15, 0.2) is 18.2 Å². The van der Waals surface area contributed by atoms with Gasteiger partial charge in [-0.3, -0.25) is 0 Å². The Labute approximate surface area is 150 Å². The van der Waals surface area contributed by atoms with Crippen molar-refractivity contribution in [3.8, 4) is 17.3 Å². The number of rotatable bonds is 4. The first-order valence-electron chi connectivity index (χ1n) is 7.97. The van der Waals surface area contributed by atoms with Crippen molar-refractivity contribution in [1.29, 1.82) is 0 Å². The van der Waals surface area contributed by atoms with Crippen LogP contribution in [0.3, 0.4) is 0 Å². The standard InChI is InChI=1S/C17H15F5N4O/c1-8(2)26-9(3)24-15-11(18)4-10(5-13(15)26)14-12(19)6-23-16(25-14)27-7-17(20,21)22/h4-6,8H,7H2,1-3H3. The maximum atomic E-state index is 14.5. The molecule has 0 unspecified atom stereocenters. The highest BCUT2D eigenvalue weighted by molar-refractivity contribution is 5.83. The van der Waals surface area contributed by atoms with Crippen molar-refractivity contribution in [1.82, 2.24) is 19.5 Å². The minimum absolute atomic E-state index is 0.0365. The zero-order chi connectivity index (χ0) is 19.9. The topological polar surface area (TPSA) is 52.8 Å². The zero-order valence-corrected chi connectivity index (χ0v) is 14.6. The molecule has 2 heterocycles. The monoisotopic (exact) mass is 386 g/mol. The lowest BCUT2D eigenvalue weighted by Crippen LogP contribution is -2.20. The third-order valence-electron chi connectivity index (χ3n) is 3.80. The maximum Gasteiger partial charge on any atom is 0.422 e. The van der Waals surface area contributed by atoms with Gasteiger partial charge < -0.3 is 9.30 Å². The molecule has 1 aromatic carbocycles. The second kappa shape index (κ2) is 6.75. The highest BCUT2D eigenvalue weighted by atomic mass is 19.4. The summed E-state index contributed by atoms with van der Waals surface area (Å²) in [5, 5.41) is 0. The highest BCUT2D eigenvalue weighted by Crippen LogP contribution is 2.30. The molecule has 0 bridgehead atoms. The van der Waals surface area contributed by atoms with Crippen molar-refractivity contribution < 1.29 is 26.7 Å². The fourth-order valence-electron chi connectivity index (χ4n) is 2.83. The van der Waals surface area contributed by atoms with Gasteiger partial charge in [-0.25, -0.2) is 18.7 Å². The van der Waals surface area contributed by atoms with Gasteiger partial charge in [-0.2, -0.15) is 18.2 Å². The summed E-state index contributed by atoms with van der Waals surface area (Å²) in [6, 6.07) is 1.82. The van der Waals surface area contributed by atoms with Gasteiger partial charge in [0, 0.05) is 11.6 Å². The Bertz CT molecular complexity index is 997. The second-order valence-electron chi connectivity index (χ2n) is 6.20. The summed E-state index contributed by atoms with van der Waals surface area (Å²) in [6.07, 6.45) is -3.91. The molecule has 0 atom stereocenters. The number of hydrogen-bond donors (Lipinski definition) is 0. The molecule has 27 heavy (non-hydrogen) atoms. The Hall–Kier alpha value is -2.78. The molecule has 0 saturated heterocycles. The van der Waals surface area contributed by atoms with Crippen molar-refractivity contribution in [3.63, 3.8) is 0 Å². The fraction of sp³-hybridized carbons (Fsp3) is 0.353. The summed E-state index contributed by atoms with van der Waals surface area (Å²) in [5.74, 6) is -1.03. The van der Waals surface area contributed by atoms with Gasteiger partial charge in [-0.05, 0) is 32.9 Å². The average Bonchev–Trinajstić information content (AvgIpc) is 2.90. The number of alkyl halides is 3. The first-order valence-corrected chi connectivity index (χ1v) is 7.97. The van der Waals surface area contributed by atoms with Gasteiger partial charge in [-0.1, -0.05) is 0 Å². The lowest BCUT2D eigenvalue weighted by Gasteiger charge is -2.12. The van der Waals surface area contributed by atoms with E-state index in [-0.39, 0.29) is 22.8 Å². The lowest BCUT2D eigenvalue weighted by molar-refractivity contribution is -0.154. The summed E-state index contributed by atoms with van der Waals surface area (Å²) in [4.78, 5) is 11.2. The molecule has 0 aliphatic rings. The van der Waals surface area contributed by atoms with Crippen LogP contribution in [0.1, 0.15) is 25.7 Å². The van der Waals surface area contributed by atoms with Crippen molar-refractivity contribution in [2.75, 3.05) is 6.61 Å². The van der Waals surface area contributed by atoms with Gasteiger partial charge in [0.25, 0.3) is 0 Å². The molecule has 0 amide bonds. The van der Waals surface area contributed by atoms with E-state index in [1.807, 2.05) is 13.8 Å². The number of halogens is 5. The molecule has 0 spiro atoms. The first kappa shape index (κ1) is 19.0. The van der Waals surface area contributed by atoms with Crippen molar-refractivity contribution in [2.24, 2.45) is 0 Å². The molecular formula is C17H15F5N4O. The zero-order valence-electron chi connectivity index (χ0n) is 14.6. The molecule has 5 nitrogen and oxygen atoms in total. The molecule has 3 rings (SSSR count). The Kier molecular flexibility index (Phi) is 4.75. The molecule has 0 fully saturated rings. The molecule has 144 valence electrons. The number of hydrogen-bond acceptors (Lipinski definition) is 4. The van der Waals surface area contributed by atoms with Crippen molar-refractivity contribution in [2.45, 2.75) is 33.0 Å². The Morgan fingerprint density at radius 2 is 1.81 bits per heavy atom. The predicted octanol–water partition coefficient (Wildman–Crippen LogP) is 4.60. The Morgan fingerprint density at radius 3 is 2.44 bits per heavy atom. The number of aryl methyl sites for hydroxylation is 1. The highest BCUT2D eigenvalue weighted by Gasteiger charge is 2.29. The van der Waals surface area contributed by atoms with Gasteiger partial charge >= 0.3 is 12.2 Å². The minimum Gasteiger partial charge on any atom is -0.454 e. The van der Waals surface area contributed by atoms with E-state index < -0.39 is 30.4 Å². The van der Waals surface area contributed by atoms with Crippen LogP contribution in [-0.4, -0.2) is 32.3 Å². The number of fused-ring (bicyclic) bond motifs is 1. The number of benzene rings is 1. The SMILES string of the molecule is Cc1nc2c(F)cc(-c3nc(OCC(F)(F)F)ncc3F)cc2n1C(C)C. The molecule has 3 aromatic rings. The Balaban J connectivity index is 2.10. The first-order chi connectivity index (χ1) is 12.6. The largest absolute Gasteiger partial charge is 0.454 e. The van der Waals surface area contributed by atoms with Crippen LogP contribution in [0.5, 0.6) is 6.01 Å². The van der Waals surface area contributed by atoms with Gasteiger partial charge in [0.1, 0.15) is 17.0 Å². The molecule has 0 saturated carbocycles. The quantitative estimate of drug-likeness (QED) is 0.615. The predicted molar refractivity (Wildman–Crippen MR) is 87.3 cm³/mol. The van der Waals surface area contributed by atoms with Crippen LogP contribution in [0.15, 0.2) is 18.3 Å². The normalized spacial score (nSPS) is 12.2. The second-order valence-corrected chi connectivity index (χ2v) is 6.20. The van der Waals surface area contributed by atoms with Crippen LogP contribution in [0.25, 0.3) is 22.3 Å². The van der Waals surface area contributed by atoms with Gasteiger partial charge in [-0.15, -0.1) is 0 Å². The molecule has 2 aromatic heterocycles. The van der Waals surface area contributed by atoms with E-state index in [1.165, 1.54) is 6.07 Å². The fourth-order valence-corrected chi connectivity index (χ4v) is 2.83. The molecule has 0 radical (unpaired) electrons. The lowest BCUT2D eigenvalue weighted by atomic mass is 10.1. The summed E-state index contributed by atoms with van der Waals surface area (Å²) < 4.78 is 71.7. The maximum absolute atomic E-state index is 14.5. The molecule has 10 heteroatoms. The third-order valence-corrected chi connectivity index (χ3v) is 3.80. The summed E-state index contributed by atoms with van der Waals surface area (Å²) in [5.41, 5.74) is 0.219.